The number of nitrogens with two attached hydrogens (primary N) is 1. The molecule has 4 aromatic heterocycles. The van der Waals surface area contributed by atoms with E-state index in [0.29, 0.717) is 52.7 Å². The van der Waals surface area contributed by atoms with E-state index >= 15 is 0 Å². The second kappa shape index (κ2) is 11.3. The van der Waals surface area contributed by atoms with Crippen LogP contribution in [0, 0.1) is 0 Å². The van der Waals surface area contributed by atoms with Gasteiger partial charge in [0, 0.05) is 50.8 Å². The zero-order valence-electron chi connectivity index (χ0n) is 24.4. The molecule has 6 rings (SSSR count). The first-order valence-electron chi connectivity index (χ1n) is 14.2. The lowest BCUT2D eigenvalue weighted by molar-refractivity contribution is 0.0139. The van der Waals surface area contributed by atoms with Crippen molar-refractivity contribution in [3.63, 3.8) is 0 Å². The number of imidazole rings is 1. The molecule has 0 unspecified atom stereocenters. The molecule has 1 aliphatic rings. The van der Waals surface area contributed by atoms with Gasteiger partial charge in [0.05, 0.1) is 16.8 Å². The lowest BCUT2D eigenvalue weighted by Crippen LogP contribution is -2.49. The van der Waals surface area contributed by atoms with Crippen molar-refractivity contribution in [3.8, 4) is 28.3 Å². The maximum Gasteiger partial charge on any atom is 0.410 e. The molecular formula is C32H34N8O3. The summed E-state index contributed by atoms with van der Waals surface area (Å²) in [7, 11) is 0. The number of nitrogens with one attached hydrogen (secondary N) is 1. The second-order valence-corrected chi connectivity index (χ2v) is 11.6. The van der Waals surface area contributed by atoms with E-state index in [-0.39, 0.29) is 11.7 Å². The summed E-state index contributed by atoms with van der Waals surface area (Å²) in [4.78, 5) is 45.8. The van der Waals surface area contributed by atoms with Crippen molar-refractivity contribution in [1.82, 2.24) is 34.3 Å². The minimum atomic E-state index is -0.505. The number of carbonyl (C=O) groups excluding carboxylic acids is 1. The van der Waals surface area contributed by atoms with E-state index in [9.17, 15) is 9.59 Å². The average Bonchev–Trinajstić information content (AvgIpc) is 3.36. The number of amides is 1. The highest BCUT2D eigenvalue weighted by atomic mass is 16.6. The summed E-state index contributed by atoms with van der Waals surface area (Å²) in [6.45, 7) is 9.19. The van der Waals surface area contributed by atoms with E-state index < -0.39 is 5.60 Å². The SMILES string of the molecule is CC(C)(C)OC(=O)N1CCN(Cc2ccc(-n3c(-c4cccnc4N)nc4ccc(-c5ccc[nH]c5=O)nc43)cc2)CC1. The highest BCUT2D eigenvalue weighted by Crippen LogP contribution is 2.31. The number of H-pyrrole nitrogens is 1. The van der Waals surface area contributed by atoms with E-state index in [2.05, 4.69) is 27.0 Å². The number of nitrogens with zero attached hydrogens (tertiary/aromatic N) is 6. The maximum absolute atomic E-state index is 12.5. The molecule has 5 heterocycles. The number of pyridine rings is 3. The number of nitrogen functional groups attached to an aromatic ring is 1. The second-order valence-electron chi connectivity index (χ2n) is 11.6. The molecule has 1 amide bonds. The van der Waals surface area contributed by atoms with Crippen LogP contribution in [-0.2, 0) is 11.3 Å². The number of hydrogen-bond acceptors (Lipinski definition) is 8. The van der Waals surface area contributed by atoms with Gasteiger partial charge in [0.15, 0.2) is 11.5 Å². The van der Waals surface area contributed by atoms with E-state index in [1.165, 1.54) is 0 Å². The molecule has 0 bridgehead atoms. The van der Waals surface area contributed by atoms with Crippen LogP contribution in [0.2, 0.25) is 0 Å². The van der Waals surface area contributed by atoms with Gasteiger partial charge in [-0.1, -0.05) is 12.1 Å². The Hall–Kier alpha value is -5.03. The fourth-order valence-electron chi connectivity index (χ4n) is 5.19. The van der Waals surface area contributed by atoms with E-state index in [1.807, 2.05) is 55.7 Å². The minimum absolute atomic E-state index is 0.214. The van der Waals surface area contributed by atoms with Gasteiger partial charge in [-0.05, 0) is 74.9 Å². The van der Waals surface area contributed by atoms with Crippen LogP contribution in [-0.4, -0.2) is 72.2 Å². The quantitative estimate of drug-likeness (QED) is 0.312. The number of aromatic amines is 1. The highest BCUT2D eigenvalue weighted by Gasteiger charge is 2.26. The minimum Gasteiger partial charge on any atom is -0.444 e. The third-order valence-corrected chi connectivity index (χ3v) is 7.30. The Balaban J connectivity index is 1.29. The van der Waals surface area contributed by atoms with Crippen LogP contribution in [0.4, 0.5) is 10.6 Å². The predicted octanol–water partition coefficient (Wildman–Crippen LogP) is 4.47. The number of piperazine rings is 1. The van der Waals surface area contributed by atoms with Crippen molar-refractivity contribution < 1.29 is 9.53 Å². The van der Waals surface area contributed by atoms with Crippen LogP contribution in [0.5, 0.6) is 0 Å². The molecule has 11 nitrogen and oxygen atoms in total. The fraction of sp³-hybridized carbons (Fsp3) is 0.281. The molecule has 0 saturated carbocycles. The van der Waals surface area contributed by atoms with Gasteiger partial charge in [-0.25, -0.2) is 19.7 Å². The van der Waals surface area contributed by atoms with Crippen LogP contribution in [0.15, 0.2) is 77.9 Å². The summed E-state index contributed by atoms with van der Waals surface area (Å²) in [5.41, 5.74) is 10.5. The fourth-order valence-corrected chi connectivity index (χ4v) is 5.19. The number of hydrogen-bond donors (Lipinski definition) is 2. The largest absolute Gasteiger partial charge is 0.444 e. The first-order chi connectivity index (χ1) is 20.7. The normalized spacial score (nSPS) is 14.3. The average molecular weight is 579 g/mol. The molecule has 1 fully saturated rings. The highest BCUT2D eigenvalue weighted by molar-refractivity contribution is 5.84. The molecule has 1 saturated heterocycles. The molecular weight excluding hydrogens is 544 g/mol. The Labute approximate surface area is 249 Å². The van der Waals surface area contributed by atoms with E-state index in [4.69, 9.17) is 20.4 Å². The van der Waals surface area contributed by atoms with Gasteiger partial charge in [0.25, 0.3) is 5.56 Å². The number of fused-ring (bicyclic) bond motifs is 1. The lowest BCUT2D eigenvalue weighted by atomic mass is 10.1. The molecule has 0 spiro atoms. The Morgan fingerprint density at radius 3 is 2.40 bits per heavy atom. The molecule has 11 heteroatoms. The number of aromatic nitrogens is 5. The van der Waals surface area contributed by atoms with E-state index in [0.717, 1.165) is 30.9 Å². The first-order valence-corrected chi connectivity index (χ1v) is 14.2. The molecule has 0 aliphatic carbocycles. The van der Waals surface area contributed by atoms with Gasteiger partial charge in [0.1, 0.15) is 16.9 Å². The molecule has 3 N–H and O–H groups in total. The monoisotopic (exact) mass is 578 g/mol. The van der Waals surface area contributed by atoms with Crippen molar-refractivity contribution in [3.05, 3.63) is 89.0 Å². The number of ether oxygens (including phenoxy) is 1. The van der Waals surface area contributed by atoms with Gasteiger partial charge < -0.3 is 20.4 Å². The molecule has 0 radical (unpaired) electrons. The molecule has 220 valence electrons. The van der Waals surface area contributed by atoms with Crippen molar-refractivity contribution in [2.24, 2.45) is 0 Å². The first kappa shape index (κ1) is 28.1. The van der Waals surface area contributed by atoms with Crippen LogP contribution in [0.1, 0.15) is 26.3 Å². The Bertz CT molecular complexity index is 1830. The van der Waals surface area contributed by atoms with Crippen LogP contribution in [0.25, 0.3) is 39.5 Å². The van der Waals surface area contributed by atoms with Crippen molar-refractivity contribution in [2.45, 2.75) is 32.9 Å². The van der Waals surface area contributed by atoms with Gasteiger partial charge >= 0.3 is 6.09 Å². The third kappa shape index (κ3) is 5.98. The Kier molecular flexibility index (Phi) is 7.41. The van der Waals surface area contributed by atoms with Gasteiger partial charge in [-0.2, -0.15) is 0 Å². The Morgan fingerprint density at radius 2 is 1.70 bits per heavy atom. The van der Waals surface area contributed by atoms with Crippen LogP contribution in [0.3, 0.4) is 0 Å². The zero-order valence-corrected chi connectivity index (χ0v) is 24.4. The third-order valence-electron chi connectivity index (χ3n) is 7.30. The maximum atomic E-state index is 12.5. The van der Waals surface area contributed by atoms with Crippen molar-refractivity contribution in [2.75, 3.05) is 31.9 Å². The standard InChI is InChI=1S/C32H34N8O3/c1-32(2,3)43-31(42)39-18-16-38(17-19-39)20-21-8-10-22(11-9-21)40-28(24-7-5-14-34-27(24)33)37-26-13-12-25(36-29(26)40)23-6-4-15-35-30(23)41/h4-15H,16-20H2,1-3H3,(H2,33,34)(H,35,41). The van der Waals surface area contributed by atoms with Crippen molar-refractivity contribution in [1.29, 1.82) is 0 Å². The molecule has 5 aromatic rings. The number of anilines is 1. The summed E-state index contributed by atoms with van der Waals surface area (Å²) in [5, 5.41) is 0. The number of benzene rings is 1. The van der Waals surface area contributed by atoms with Gasteiger partial charge in [0.2, 0.25) is 0 Å². The predicted molar refractivity (Wildman–Crippen MR) is 166 cm³/mol. The molecule has 1 aromatic carbocycles. The summed E-state index contributed by atoms with van der Waals surface area (Å²) < 4.78 is 7.48. The molecule has 0 atom stereocenters. The van der Waals surface area contributed by atoms with Crippen molar-refractivity contribution >= 4 is 23.1 Å². The topological polar surface area (TPSA) is 135 Å². The smallest absolute Gasteiger partial charge is 0.410 e. The summed E-state index contributed by atoms with van der Waals surface area (Å²) in [6, 6.07) is 19.1. The van der Waals surface area contributed by atoms with Crippen LogP contribution < -0.4 is 11.3 Å². The lowest BCUT2D eigenvalue weighted by Gasteiger charge is -2.35. The molecule has 43 heavy (non-hydrogen) atoms. The zero-order chi connectivity index (χ0) is 30.1. The van der Waals surface area contributed by atoms with Gasteiger partial charge in [-0.3, -0.25) is 14.3 Å². The summed E-state index contributed by atoms with van der Waals surface area (Å²) in [6.07, 6.45) is 2.98. The van der Waals surface area contributed by atoms with Crippen LogP contribution >= 0.6 is 0 Å². The van der Waals surface area contributed by atoms with Gasteiger partial charge in [-0.15, -0.1) is 0 Å². The van der Waals surface area contributed by atoms with E-state index in [1.54, 1.807) is 35.5 Å². The Morgan fingerprint density at radius 1 is 0.953 bits per heavy atom. The molecule has 1 aliphatic heterocycles. The number of carbonyl (C=O) groups is 1. The number of rotatable bonds is 5. The summed E-state index contributed by atoms with van der Waals surface area (Å²) >= 11 is 0. The summed E-state index contributed by atoms with van der Waals surface area (Å²) in [5.74, 6) is 0.971.